The number of hydrogen-bond acceptors (Lipinski definition) is 5. The summed E-state index contributed by atoms with van der Waals surface area (Å²) in [7, 11) is -0.419. The highest BCUT2D eigenvalue weighted by Gasteiger charge is 2.29. The molecule has 1 amide bonds. The minimum absolute atomic E-state index is 0.0436. The van der Waals surface area contributed by atoms with E-state index in [4.69, 9.17) is 12.2 Å². The number of rotatable bonds is 8. The number of hydrogen-bond donors (Lipinski definition) is 1. The number of carbonyl (C=O) groups excluding carboxylic acids is 1. The molecule has 31 heavy (non-hydrogen) atoms. The molecule has 1 aliphatic heterocycles. The van der Waals surface area contributed by atoms with Crippen molar-refractivity contribution in [3.8, 4) is 0 Å². The molecule has 2 aromatic rings. The number of carbonyl (C=O) groups is 1. The van der Waals surface area contributed by atoms with Gasteiger partial charge in [0.15, 0.2) is 4.77 Å². The first-order valence-corrected chi connectivity index (χ1v) is 12.2. The van der Waals surface area contributed by atoms with E-state index in [9.17, 15) is 18.0 Å². The van der Waals surface area contributed by atoms with Gasteiger partial charge in [-0.2, -0.15) is 17.0 Å². The van der Waals surface area contributed by atoms with Gasteiger partial charge in [0.1, 0.15) is 0 Å². The second kappa shape index (κ2) is 10.0. The van der Waals surface area contributed by atoms with Crippen molar-refractivity contribution in [1.29, 1.82) is 0 Å². The predicted molar refractivity (Wildman–Crippen MR) is 123 cm³/mol. The Kier molecular flexibility index (Phi) is 7.63. The molecule has 0 aliphatic carbocycles. The summed E-state index contributed by atoms with van der Waals surface area (Å²) in [6.07, 6.45) is 2.68. The van der Waals surface area contributed by atoms with Crippen molar-refractivity contribution < 1.29 is 13.2 Å². The van der Waals surface area contributed by atoms with Crippen LogP contribution < -0.4 is 5.56 Å². The van der Waals surface area contributed by atoms with Crippen LogP contribution in [0.15, 0.2) is 29.1 Å². The third-order valence-electron chi connectivity index (χ3n) is 5.54. The van der Waals surface area contributed by atoms with Gasteiger partial charge in [-0.1, -0.05) is 18.6 Å². The number of piperazine rings is 1. The van der Waals surface area contributed by atoms with E-state index in [2.05, 4.69) is 4.98 Å². The van der Waals surface area contributed by atoms with Crippen LogP contribution in [0.25, 0.3) is 10.9 Å². The number of nitrogens with one attached hydrogen (secondary N) is 1. The zero-order valence-electron chi connectivity index (χ0n) is 17.9. The quantitative estimate of drug-likeness (QED) is 0.469. The molecule has 1 saturated heterocycles. The van der Waals surface area contributed by atoms with E-state index < -0.39 is 10.2 Å². The molecule has 0 spiro atoms. The van der Waals surface area contributed by atoms with E-state index >= 15 is 0 Å². The van der Waals surface area contributed by atoms with E-state index in [-0.39, 0.29) is 11.5 Å². The van der Waals surface area contributed by atoms with Gasteiger partial charge in [-0.15, -0.1) is 0 Å². The fraction of sp³-hybridized carbons (Fsp3) is 0.550. The van der Waals surface area contributed by atoms with E-state index in [1.54, 1.807) is 15.5 Å². The van der Waals surface area contributed by atoms with Crippen LogP contribution in [0.4, 0.5) is 0 Å². The first-order valence-electron chi connectivity index (χ1n) is 10.4. The lowest BCUT2D eigenvalue weighted by molar-refractivity contribution is -0.132. The highest BCUT2D eigenvalue weighted by atomic mass is 32.2. The Hall–Kier alpha value is -2.08. The van der Waals surface area contributed by atoms with Crippen molar-refractivity contribution in [2.45, 2.75) is 32.2 Å². The number of aromatic nitrogens is 2. The lowest BCUT2D eigenvalue weighted by Gasteiger charge is -2.35. The zero-order valence-corrected chi connectivity index (χ0v) is 19.5. The molecule has 1 aromatic heterocycles. The molecule has 0 radical (unpaired) electrons. The Bertz CT molecular complexity index is 1150. The molecular weight excluding hydrogens is 438 g/mol. The highest BCUT2D eigenvalue weighted by Crippen LogP contribution is 2.12. The maximum absolute atomic E-state index is 12.6. The number of fused-ring (bicyclic) bond motifs is 1. The molecule has 1 aliphatic rings. The van der Waals surface area contributed by atoms with E-state index in [0.717, 1.165) is 18.4 Å². The monoisotopic (exact) mass is 467 g/mol. The van der Waals surface area contributed by atoms with Crippen LogP contribution in [0.1, 0.15) is 25.7 Å². The third kappa shape index (κ3) is 5.40. The van der Waals surface area contributed by atoms with Crippen LogP contribution in [0.5, 0.6) is 0 Å². The minimum atomic E-state index is -3.43. The zero-order chi connectivity index (χ0) is 22.6. The Morgan fingerprint density at radius 1 is 1.10 bits per heavy atom. The summed E-state index contributed by atoms with van der Waals surface area (Å²) in [5.41, 5.74) is 0.638. The fourth-order valence-electron chi connectivity index (χ4n) is 3.68. The van der Waals surface area contributed by atoms with Gasteiger partial charge in [0.2, 0.25) is 5.91 Å². The predicted octanol–water partition coefficient (Wildman–Crippen LogP) is 1.57. The van der Waals surface area contributed by atoms with Crippen LogP contribution in [0.3, 0.4) is 0 Å². The second-order valence-corrected chi connectivity index (χ2v) is 10.3. The van der Waals surface area contributed by atoms with Gasteiger partial charge in [0, 0.05) is 53.2 Å². The number of para-hydroxylation sites is 1. The molecule has 2 heterocycles. The van der Waals surface area contributed by atoms with E-state index in [1.807, 2.05) is 18.2 Å². The summed E-state index contributed by atoms with van der Waals surface area (Å²) < 4.78 is 28.9. The number of aromatic amines is 1. The fourth-order valence-corrected chi connectivity index (χ4v) is 5.05. The topological polar surface area (TPSA) is 98.7 Å². The Labute approximate surface area is 187 Å². The van der Waals surface area contributed by atoms with Gasteiger partial charge < -0.3 is 9.88 Å². The first kappa shape index (κ1) is 23.6. The molecule has 1 N–H and O–H groups in total. The van der Waals surface area contributed by atoms with Crippen LogP contribution in [-0.4, -0.2) is 77.7 Å². The van der Waals surface area contributed by atoms with Gasteiger partial charge in [-0.05, 0) is 37.2 Å². The van der Waals surface area contributed by atoms with Gasteiger partial charge in [-0.25, -0.2) is 0 Å². The standard InChI is InChI=1S/C20H29N5O4S2/c1-22(2)31(28,29)24-14-12-23(13-15-24)18(26)10-4-3-7-11-25-19(27)16-8-5-6-9-17(16)21-20(25)30/h5-6,8-9H,3-4,7,10-15H2,1-2H3,(H,21,30). The van der Waals surface area contributed by atoms with Crippen LogP contribution in [0.2, 0.25) is 0 Å². The summed E-state index contributed by atoms with van der Waals surface area (Å²) in [6.45, 7) is 1.96. The minimum Gasteiger partial charge on any atom is -0.340 e. The number of nitrogens with zero attached hydrogens (tertiary/aromatic N) is 4. The number of amides is 1. The maximum atomic E-state index is 12.6. The van der Waals surface area contributed by atoms with Crippen molar-refractivity contribution in [2.75, 3.05) is 40.3 Å². The van der Waals surface area contributed by atoms with E-state index in [0.29, 0.717) is 55.7 Å². The molecule has 0 bridgehead atoms. The summed E-state index contributed by atoms with van der Waals surface area (Å²) in [5.74, 6) is 0.0436. The van der Waals surface area contributed by atoms with Gasteiger partial charge in [0.05, 0.1) is 10.9 Å². The lowest BCUT2D eigenvalue weighted by atomic mass is 10.1. The van der Waals surface area contributed by atoms with Crippen molar-refractivity contribution in [1.82, 2.24) is 23.1 Å². The van der Waals surface area contributed by atoms with Gasteiger partial charge in [0.25, 0.3) is 15.8 Å². The molecule has 0 atom stereocenters. The highest BCUT2D eigenvalue weighted by molar-refractivity contribution is 7.86. The average Bonchev–Trinajstić information content (AvgIpc) is 2.75. The SMILES string of the molecule is CN(C)S(=O)(=O)N1CCN(C(=O)CCCCCn2c(=S)[nH]c3ccccc3c2=O)CC1. The molecule has 11 heteroatoms. The van der Waals surface area contributed by atoms with Crippen molar-refractivity contribution in [3.63, 3.8) is 0 Å². The summed E-state index contributed by atoms with van der Waals surface area (Å²) in [6, 6.07) is 7.29. The van der Waals surface area contributed by atoms with Crippen molar-refractivity contribution >= 4 is 39.2 Å². The Morgan fingerprint density at radius 2 is 1.77 bits per heavy atom. The smallest absolute Gasteiger partial charge is 0.281 e. The summed E-state index contributed by atoms with van der Waals surface area (Å²) in [5, 5.41) is 0.613. The van der Waals surface area contributed by atoms with Gasteiger partial charge >= 0.3 is 0 Å². The molecule has 170 valence electrons. The largest absolute Gasteiger partial charge is 0.340 e. The first-order chi connectivity index (χ1) is 14.7. The summed E-state index contributed by atoms with van der Waals surface area (Å²) in [4.78, 5) is 29.9. The lowest BCUT2D eigenvalue weighted by Crippen LogP contribution is -2.53. The normalized spacial score (nSPS) is 15.6. The second-order valence-electron chi connectivity index (χ2n) is 7.81. The Morgan fingerprint density at radius 3 is 2.45 bits per heavy atom. The number of H-pyrrole nitrogens is 1. The molecule has 1 aromatic carbocycles. The number of benzene rings is 1. The van der Waals surface area contributed by atoms with E-state index in [1.165, 1.54) is 22.7 Å². The molecule has 3 rings (SSSR count). The Balaban J connectivity index is 1.44. The molecule has 0 unspecified atom stereocenters. The third-order valence-corrected chi connectivity index (χ3v) is 7.80. The van der Waals surface area contributed by atoms with Gasteiger partial charge in [-0.3, -0.25) is 14.2 Å². The van der Waals surface area contributed by atoms with Crippen LogP contribution in [-0.2, 0) is 21.5 Å². The number of unbranched alkanes of at least 4 members (excludes halogenated alkanes) is 2. The van der Waals surface area contributed by atoms with Crippen LogP contribution in [0, 0.1) is 4.77 Å². The van der Waals surface area contributed by atoms with Crippen molar-refractivity contribution in [2.24, 2.45) is 0 Å². The summed E-state index contributed by atoms with van der Waals surface area (Å²) >= 11 is 5.32. The van der Waals surface area contributed by atoms with Crippen molar-refractivity contribution in [3.05, 3.63) is 39.4 Å². The maximum Gasteiger partial charge on any atom is 0.281 e. The molecule has 0 saturated carbocycles. The molecule has 9 nitrogen and oxygen atoms in total. The van der Waals surface area contributed by atoms with Crippen LogP contribution >= 0.6 is 12.2 Å². The molecular formula is C20H29N5O4S2. The molecule has 1 fully saturated rings. The average molecular weight is 468 g/mol.